The van der Waals surface area contributed by atoms with Crippen molar-refractivity contribution in [1.29, 1.82) is 0 Å². The summed E-state index contributed by atoms with van der Waals surface area (Å²) < 4.78 is 32.3. The fourth-order valence-corrected chi connectivity index (χ4v) is 3.47. The Balaban J connectivity index is 2.95. The topological polar surface area (TPSA) is 78.9 Å². The van der Waals surface area contributed by atoms with Gasteiger partial charge in [0.05, 0.1) is 12.7 Å². The van der Waals surface area contributed by atoms with E-state index in [4.69, 9.17) is 4.74 Å². The van der Waals surface area contributed by atoms with Gasteiger partial charge in [0.2, 0.25) is 10.0 Å². The van der Waals surface area contributed by atoms with Crippen molar-refractivity contribution in [3.05, 3.63) is 23.8 Å². The molecule has 0 aromatic heterocycles. The molecule has 0 heterocycles. The van der Waals surface area contributed by atoms with E-state index in [0.29, 0.717) is 6.54 Å². The molecule has 0 saturated carbocycles. The molecular formula is C14H24N2O4S. The molecule has 0 saturated heterocycles. The highest BCUT2D eigenvalue weighted by Gasteiger charge is 2.26. The number of aliphatic hydroxyl groups is 1. The Labute approximate surface area is 126 Å². The molecule has 0 radical (unpaired) electrons. The van der Waals surface area contributed by atoms with E-state index in [1.54, 1.807) is 36.9 Å². The number of sulfonamides is 1. The van der Waals surface area contributed by atoms with Gasteiger partial charge in [-0.1, -0.05) is 6.07 Å². The zero-order valence-electron chi connectivity index (χ0n) is 13.2. The van der Waals surface area contributed by atoms with Crippen molar-refractivity contribution in [3.8, 4) is 5.75 Å². The van der Waals surface area contributed by atoms with Crippen molar-refractivity contribution < 1.29 is 18.3 Å². The molecule has 7 heteroatoms. The largest absolute Gasteiger partial charge is 0.495 e. The van der Waals surface area contributed by atoms with Crippen molar-refractivity contribution in [1.82, 2.24) is 9.62 Å². The molecule has 2 N–H and O–H groups in total. The van der Waals surface area contributed by atoms with Crippen molar-refractivity contribution >= 4 is 10.0 Å². The molecule has 0 bridgehead atoms. The Morgan fingerprint density at radius 1 is 1.38 bits per heavy atom. The van der Waals surface area contributed by atoms with Gasteiger partial charge in [-0.15, -0.1) is 0 Å². The van der Waals surface area contributed by atoms with Gasteiger partial charge in [-0.25, -0.2) is 13.1 Å². The zero-order chi connectivity index (χ0) is 16.3. The van der Waals surface area contributed by atoms with Crippen LogP contribution in [0.25, 0.3) is 0 Å². The molecule has 21 heavy (non-hydrogen) atoms. The maximum absolute atomic E-state index is 12.4. The van der Waals surface area contributed by atoms with Gasteiger partial charge in [0, 0.05) is 13.1 Å². The maximum Gasteiger partial charge on any atom is 0.244 e. The molecule has 0 aliphatic heterocycles. The Kier molecular flexibility index (Phi) is 5.75. The van der Waals surface area contributed by atoms with Gasteiger partial charge >= 0.3 is 0 Å². The number of likely N-dealkylation sites (N-methyl/N-ethyl adjacent to an activating group) is 1. The van der Waals surface area contributed by atoms with Gasteiger partial charge in [0.1, 0.15) is 10.6 Å². The Morgan fingerprint density at radius 3 is 2.52 bits per heavy atom. The lowest BCUT2D eigenvalue weighted by atomic mass is 10.1. The van der Waals surface area contributed by atoms with Crippen LogP contribution in [0, 0.1) is 6.92 Å². The van der Waals surface area contributed by atoms with Crippen LogP contribution < -0.4 is 9.46 Å². The molecule has 1 rings (SSSR count). The highest BCUT2D eigenvalue weighted by Crippen LogP contribution is 2.24. The number of nitrogens with zero attached hydrogens (tertiary/aromatic N) is 1. The van der Waals surface area contributed by atoms with Crippen LogP contribution in [0.4, 0.5) is 0 Å². The minimum atomic E-state index is -3.75. The van der Waals surface area contributed by atoms with Crippen molar-refractivity contribution in [2.24, 2.45) is 0 Å². The Hall–Kier alpha value is -1.15. The summed E-state index contributed by atoms with van der Waals surface area (Å²) in [5, 5.41) is 10.2. The summed E-state index contributed by atoms with van der Waals surface area (Å²) in [6, 6.07) is 4.93. The third kappa shape index (κ3) is 5.28. The van der Waals surface area contributed by atoms with Crippen LogP contribution in [0.1, 0.15) is 12.5 Å². The first-order valence-electron chi connectivity index (χ1n) is 6.59. The van der Waals surface area contributed by atoms with E-state index in [1.165, 1.54) is 7.11 Å². The lowest BCUT2D eigenvalue weighted by molar-refractivity contribution is 0.0386. The first kappa shape index (κ1) is 17.9. The molecule has 0 fully saturated rings. The number of aryl methyl sites for hydroxylation is 1. The van der Waals surface area contributed by atoms with Crippen LogP contribution in [-0.4, -0.2) is 58.3 Å². The zero-order valence-corrected chi connectivity index (χ0v) is 14.0. The van der Waals surface area contributed by atoms with E-state index in [9.17, 15) is 13.5 Å². The average molecular weight is 316 g/mol. The molecule has 0 spiro atoms. The highest BCUT2D eigenvalue weighted by molar-refractivity contribution is 7.89. The fourth-order valence-electron chi connectivity index (χ4n) is 2.06. The van der Waals surface area contributed by atoms with Crippen LogP contribution in [0.5, 0.6) is 5.75 Å². The lowest BCUT2D eigenvalue weighted by Crippen LogP contribution is -2.47. The monoisotopic (exact) mass is 316 g/mol. The van der Waals surface area contributed by atoms with E-state index in [1.807, 2.05) is 14.1 Å². The standard InChI is InChI=1S/C14H24N2O4S/c1-11-6-7-12(20-5)13(8-11)21(18,19)15-9-14(2,17)10-16(3)4/h6-8,15,17H,9-10H2,1-5H3. The molecule has 1 aromatic carbocycles. The van der Waals surface area contributed by atoms with E-state index < -0.39 is 15.6 Å². The van der Waals surface area contributed by atoms with E-state index in [2.05, 4.69) is 4.72 Å². The number of hydrogen-bond donors (Lipinski definition) is 2. The smallest absolute Gasteiger partial charge is 0.244 e. The number of nitrogens with one attached hydrogen (secondary N) is 1. The summed E-state index contributed by atoms with van der Waals surface area (Å²) in [6.45, 7) is 3.66. The molecule has 1 aromatic rings. The van der Waals surface area contributed by atoms with Crippen molar-refractivity contribution in [2.75, 3.05) is 34.3 Å². The molecule has 1 unspecified atom stereocenters. The number of rotatable bonds is 7. The van der Waals surface area contributed by atoms with Gasteiger partial charge in [-0.3, -0.25) is 0 Å². The second-order valence-electron chi connectivity index (χ2n) is 5.71. The number of ether oxygens (including phenoxy) is 1. The van der Waals surface area contributed by atoms with Crippen molar-refractivity contribution in [3.63, 3.8) is 0 Å². The average Bonchev–Trinajstić information content (AvgIpc) is 2.35. The second-order valence-corrected chi connectivity index (χ2v) is 7.45. The minimum absolute atomic E-state index is 0.0747. The third-order valence-corrected chi connectivity index (χ3v) is 4.33. The summed E-state index contributed by atoms with van der Waals surface area (Å²) in [5.41, 5.74) is -0.343. The second kappa shape index (κ2) is 6.74. The molecule has 6 nitrogen and oxygen atoms in total. The predicted molar refractivity (Wildman–Crippen MR) is 82.1 cm³/mol. The SMILES string of the molecule is COc1ccc(C)cc1S(=O)(=O)NCC(C)(O)CN(C)C. The van der Waals surface area contributed by atoms with Gasteiger partial charge < -0.3 is 14.7 Å². The summed E-state index contributed by atoms with van der Waals surface area (Å²) in [4.78, 5) is 1.87. The summed E-state index contributed by atoms with van der Waals surface area (Å²) >= 11 is 0. The van der Waals surface area contributed by atoms with Gasteiger partial charge in [-0.05, 0) is 45.6 Å². The molecule has 0 amide bonds. The minimum Gasteiger partial charge on any atom is -0.495 e. The quantitative estimate of drug-likeness (QED) is 0.770. The fraction of sp³-hybridized carbons (Fsp3) is 0.571. The van der Waals surface area contributed by atoms with Crippen LogP contribution in [0.3, 0.4) is 0 Å². The van der Waals surface area contributed by atoms with Gasteiger partial charge in [0.15, 0.2) is 0 Å². The normalized spacial score (nSPS) is 15.0. The van der Waals surface area contributed by atoms with Gasteiger partial charge in [-0.2, -0.15) is 0 Å². The number of methoxy groups -OCH3 is 1. The van der Waals surface area contributed by atoms with E-state index in [0.717, 1.165) is 5.56 Å². The molecule has 120 valence electrons. The van der Waals surface area contributed by atoms with E-state index in [-0.39, 0.29) is 17.2 Å². The molecular weight excluding hydrogens is 292 g/mol. The summed E-state index contributed by atoms with van der Waals surface area (Å²) in [6.07, 6.45) is 0. The maximum atomic E-state index is 12.4. The third-order valence-electron chi connectivity index (χ3n) is 2.91. The highest BCUT2D eigenvalue weighted by atomic mass is 32.2. The number of benzene rings is 1. The van der Waals surface area contributed by atoms with Crippen LogP contribution in [-0.2, 0) is 10.0 Å². The molecule has 0 aliphatic rings. The Bertz CT molecular complexity index is 583. The van der Waals surface area contributed by atoms with Gasteiger partial charge in [0.25, 0.3) is 0 Å². The van der Waals surface area contributed by atoms with Crippen molar-refractivity contribution in [2.45, 2.75) is 24.3 Å². The van der Waals surface area contributed by atoms with E-state index >= 15 is 0 Å². The molecule has 1 atom stereocenters. The Morgan fingerprint density at radius 2 is 2.00 bits per heavy atom. The summed E-state index contributed by atoms with van der Waals surface area (Å²) in [7, 11) is 1.30. The number of hydrogen-bond acceptors (Lipinski definition) is 5. The van der Waals surface area contributed by atoms with Crippen LogP contribution >= 0.6 is 0 Å². The first-order chi connectivity index (χ1) is 9.57. The summed E-state index contributed by atoms with van der Waals surface area (Å²) in [5.74, 6) is 0.278. The predicted octanol–water partition coefficient (Wildman–Crippen LogP) is 0.595. The lowest BCUT2D eigenvalue weighted by Gasteiger charge is -2.27. The van der Waals surface area contributed by atoms with Crippen LogP contribution in [0.2, 0.25) is 0 Å². The van der Waals surface area contributed by atoms with Crippen LogP contribution in [0.15, 0.2) is 23.1 Å². The molecule has 0 aliphatic carbocycles. The first-order valence-corrected chi connectivity index (χ1v) is 8.07.